The normalized spacial score (nSPS) is 13.0. The molecule has 0 aliphatic carbocycles. The molecule has 0 spiro atoms. The number of piperidine rings is 1. The number of carbonyl (C=O) groups excluding carboxylic acids is 2. The maximum absolute atomic E-state index is 14.1. The molecule has 1 fully saturated rings. The summed E-state index contributed by atoms with van der Waals surface area (Å²) < 4.78 is 27.4. The molecule has 0 amide bonds. The zero-order valence-electron chi connectivity index (χ0n) is 30.3. The van der Waals surface area contributed by atoms with E-state index in [-0.39, 0.29) is 12.4 Å². The number of halogens is 2. The van der Waals surface area contributed by atoms with Crippen LogP contribution in [0, 0.1) is 5.82 Å². The number of anilines is 1. The molecule has 2 aromatic heterocycles. The number of imidazole rings is 1. The van der Waals surface area contributed by atoms with Gasteiger partial charge < -0.3 is 29.5 Å². The number of aromatic nitrogens is 3. The van der Waals surface area contributed by atoms with Crippen LogP contribution in [0.4, 0.5) is 10.1 Å². The Labute approximate surface area is 310 Å². The molecule has 2 N–H and O–H groups in total. The van der Waals surface area contributed by atoms with Crippen molar-refractivity contribution in [2.75, 3.05) is 46.2 Å². The topological polar surface area (TPSA) is 111 Å². The van der Waals surface area contributed by atoms with Gasteiger partial charge in [0.25, 0.3) is 0 Å². The molecule has 0 bridgehead atoms. The number of likely N-dealkylation sites (tertiary alicyclic amines) is 1. The molecule has 5 aromatic rings. The minimum atomic E-state index is -0.388. The third-order valence-corrected chi connectivity index (χ3v) is 8.87. The summed E-state index contributed by atoms with van der Waals surface area (Å²) in [7, 11) is 5.57. The summed E-state index contributed by atoms with van der Waals surface area (Å²) in [5.74, 6) is 1.40. The van der Waals surface area contributed by atoms with Crippen LogP contribution in [0.5, 0.6) is 5.88 Å². The van der Waals surface area contributed by atoms with Crippen molar-refractivity contribution in [2.24, 2.45) is 0 Å². The summed E-state index contributed by atoms with van der Waals surface area (Å²) in [6, 6.07) is 24.3. The molecule has 1 saturated heterocycles. The van der Waals surface area contributed by atoms with Crippen LogP contribution in [-0.4, -0.2) is 72.9 Å². The maximum Gasteiger partial charge on any atom is 0.213 e. The lowest BCUT2D eigenvalue weighted by molar-refractivity contribution is -0.106. The van der Waals surface area contributed by atoms with E-state index in [1.54, 1.807) is 25.3 Å². The lowest BCUT2D eigenvalue weighted by Gasteiger charge is -2.31. The van der Waals surface area contributed by atoms with Crippen LogP contribution in [-0.2, 0) is 35.8 Å². The maximum atomic E-state index is 14.1. The Morgan fingerprint density at radius 1 is 0.981 bits per heavy atom. The van der Waals surface area contributed by atoms with E-state index in [4.69, 9.17) is 35.8 Å². The van der Waals surface area contributed by atoms with Crippen molar-refractivity contribution in [3.8, 4) is 5.88 Å². The van der Waals surface area contributed by atoms with Gasteiger partial charge in [0.05, 0.1) is 24.2 Å². The van der Waals surface area contributed by atoms with Crippen LogP contribution in [0.25, 0.3) is 11.0 Å². The minimum Gasteiger partial charge on any atom is -0.473 e. The first-order chi connectivity index (χ1) is 25.3. The van der Waals surface area contributed by atoms with Gasteiger partial charge >= 0.3 is 0 Å². The molecule has 0 saturated carbocycles. The molecule has 0 radical (unpaired) electrons. The Bertz CT molecular complexity index is 1860. The monoisotopic (exact) mass is 730 g/mol. The Morgan fingerprint density at radius 3 is 2.38 bits per heavy atom. The third-order valence-electron chi connectivity index (χ3n) is 8.64. The van der Waals surface area contributed by atoms with E-state index >= 15 is 0 Å². The molecule has 12 heteroatoms. The van der Waals surface area contributed by atoms with E-state index in [1.807, 2.05) is 44.4 Å². The fourth-order valence-electron chi connectivity index (χ4n) is 5.93. The number of ether oxygens (including phenoxy) is 2. The molecule has 1 aliphatic rings. The Morgan fingerprint density at radius 2 is 1.73 bits per heavy atom. The van der Waals surface area contributed by atoms with Crippen LogP contribution < -0.4 is 15.4 Å². The SMILES string of the molecule is CC=O.CNCc1ccc(NC)cc1.COCCn1c(CN2CCC(c3cccc(OCc4ccc(Cl)cc4F)n3)CC2)nc2cc(C=O)ccc21. The van der Waals surface area contributed by atoms with Crippen molar-refractivity contribution in [1.82, 2.24) is 24.8 Å². The smallest absolute Gasteiger partial charge is 0.213 e. The number of hydrogen-bond donors (Lipinski definition) is 2. The Kier molecular flexibility index (Phi) is 16.2. The standard InChI is InChI=1S/C29H30ClFN4O3.C9H14N2.C2H4O/c1-37-14-13-35-27-8-5-20(18-36)15-26(27)32-28(35)17-34-11-9-21(10-12-34)25-3-2-4-29(33-25)38-19-22-6-7-23(30)16-24(22)31;1-10-7-8-3-5-9(11-2)6-4-8;1-2-3/h2-8,15-16,18,21H,9-14,17,19H2,1H3;3-6,10-11H,7H2,1-2H3;2H,1H3. The third kappa shape index (κ3) is 11.7. The zero-order chi connectivity index (χ0) is 37.3. The van der Waals surface area contributed by atoms with E-state index in [2.05, 4.69) is 44.4 Å². The van der Waals surface area contributed by atoms with Gasteiger partial charge in [0.1, 0.15) is 30.8 Å². The first kappa shape index (κ1) is 40.1. The van der Waals surface area contributed by atoms with Crippen LogP contribution in [0.15, 0.2) is 78.9 Å². The van der Waals surface area contributed by atoms with Crippen molar-refractivity contribution in [3.05, 3.63) is 118 Å². The van der Waals surface area contributed by atoms with Crippen LogP contribution in [0.1, 0.15) is 58.7 Å². The van der Waals surface area contributed by atoms with E-state index in [9.17, 15) is 9.18 Å². The highest BCUT2D eigenvalue weighted by atomic mass is 35.5. The number of fused-ring (bicyclic) bond motifs is 1. The highest BCUT2D eigenvalue weighted by molar-refractivity contribution is 6.30. The number of rotatable bonds is 13. The van der Waals surface area contributed by atoms with Crippen molar-refractivity contribution < 1.29 is 23.5 Å². The predicted molar refractivity (Wildman–Crippen MR) is 205 cm³/mol. The van der Waals surface area contributed by atoms with Gasteiger partial charge in [0.15, 0.2) is 0 Å². The number of pyridine rings is 1. The predicted octanol–water partition coefficient (Wildman–Crippen LogP) is 7.29. The first-order valence-electron chi connectivity index (χ1n) is 17.3. The van der Waals surface area contributed by atoms with Crippen LogP contribution >= 0.6 is 11.6 Å². The van der Waals surface area contributed by atoms with Gasteiger partial charge in [-0.15, -0.1) is 0 Å². The second kappa shape index (κ2) is 21.0. The van der Waals surface area contributed by atoms with Crippen molar-refractivity contribution in [2.45, 2.75) is 51.9 Å². The summed E-state index contributed by atoms with van der Waals surface area (Å²) >= 11 is 5.84. The lowest BCUT2D eigenvalue weighted by atomic mass is 9.93. The molecule has 276 valence electrons. The average Bonchev–Trinajstić information content (AvgIpc) is 3.50. The van der Waals surface area contributed by atoms with Gasteiger partial charge in [-0.1, -0.05) is 35.9 Å². The summed E-state index contributed by atoms with van der Waals surface area (Å²) in [5.41, 5.74) is 6.36. The fourth-order valence-corrected chi connectivity index (χ4v) is 6.09. The Hall–Kier alpha value is -4.68. The number of hydrogen-bond acceptors (Lipinski definition) is 9. The van der Waals surface area contributed by atoms with Gasteiger partial charge in [-0.05, 0) is 94.0 Å². The Balaban J connectivity index is 0.000000364. The van der Waals surface area contributed by atoms with Crippen molar-refractivity contribution in [3.63, 3.8) is 0 Å². The van der Waals surface area contributed by atoms with E-state index in [0.29, 0.717) is 41.1 Å². The van der Waals surface area contributed by atoms with Crippen molar-refractivity contribution >= 4 is 40.9 Å². The largest absolute Gasteiger partial charge is 0.473 e. The lowest BCUT2D eigenvalue weighted by Crippen LogP contribution is -2.33. The quantitative estimate of drug-likeness (QED) is 0.121. The number of carbonyl (C=O) groups is 2. The molecule has 6 rings (SSSR count). The minimum absolute atomic E-state index is 0.0936. The molecular formula is C40H48ClFN6O4. The van der Waals surface area contributed by atoms with Crippen LogP contribution in [0.3, 0.4) is 0 Å². The molecule has 10 nitrogen and oxygen atoms in total. The van der Waals surface area contributed by atoms with Gasteiger partial charge in [-0.2, -0.15) is 0 Å². The fraction of sp³-hybridized carbons (Fsp3) is 0.350. The summed E-state index contributed by atoms with van der Waals surface area (Å²) in [6.07, 6.45) is 3.54. The average molecular weight is 731 g/mol. The van der Waals surface area contributed by atoms with E-state index < -0.39 is 0 Å². The highest BCUT2D eigenvalue weighted by Crippen LogP contribution is 2.29. The summed E-state index contributed by atoms with van der Waals surface area (Å²) in [6.45, 7) is 6.33. The number of aldehydes is 2. The number of benzene rings is 3. The molecule has 0 atom stereocenters. The van der Waals surface area contributed by atoms with Crippen molar-refractivity contribution in [1.29, 1.82) is 0 Å². The second-order valence-electron chi connectivity index (χ2n) is 12.2. The number of methoxy groups -OCH3 is 1. The molecule has 1 aliphatic heterocycles. The first-order valence-corrected chi connectivity index (χ1v) is 17.7. The summed E-state index contributed by atoms with van der Waals surface area (Å²) in [4.78, 5) is 32.0. The van der Waals surface area contributed by atoms with Crippen LogP contribution in [0.2, 0.25) is 5.02 Å². The molecule has 3 aromatic carbocycles. The van der Waals surface area contributed by atoms with E-state index in [0.717, 1.165) is 79.8 Å². The second-order valence-corrected chi connectivity index (χ2v) is 12.7. The highest BCUT2D eigenvalue weighted by Gasteiger charge is 2.24. The number of nitrogens with zero attached hydrogens (tertiary/aromatic N) is 4. The molecular weight excluding hydrogens is 683 g/mol. The van der Waals surface area contributed by atoms with Gasteiger partial charge in [0.2, 0.25) is 5.88 Å². The van der Waals surface area contributed by atoms with E-state index in [1.165, 1.54) is 18.6 Å². The molecule has 52 heavy (non-hydrogen) atoms. The van der Waals surface area contributed by atoms with Gasteiger partial charge in [-0.25, -0.2) is 14.4 Å². The number of nitrogens with one attached hydrogen (secondary N) is 2. The molecule has 3 heterocycles. The van der Waals surface area contributed by atoms with Gasteiger partial charge in [0, 0.05) is 66.8 Å². The van der Waals surface area contributed by atoms with Gasteiger partial charge in [-0.3, -0.25) is 9.69 Å². The molecule has 0 unspecified atom stereocenters. The zero-order valence-corrected chi connectivity index (χ0v) is 31.0. The summed E-state index contributed by atoms with van der Waals surface area (Å²) in [5, 5.41) is 6.54.